The van der Waals surface area contributed by atoms with Crippen molar-refractivity contribution in [1.82, 2.24) is 5.32 Å². The molecule has 0 aromatic carbocycles. The van der Waals surface area contributed by atoms with Crippen LogP contribution in [0.1, 0.15) is 12.8 Å². The van der Waals surface area contributed by atoms with Crippen molar-refractivity contribution in [2.75, 3.05) is 19.0 Å². The molecule has 0 aromatic rings. The third kappa shape index (κ3) is 5.85. The van der Waals surface area contributed by atoms with E-state index in [1.165, 1.54) is 0 Å². The smallest absolute Gasteiger partial charge is 0.220 e. The number of halogens is 1. The zero-order valence-electron chi connectivity index (χ0n) is 5.77. The molecular formula is C6H12ClNO2. The summed E-state index contributed by atoms with van der Waals surface area (Å²) in [6, 6.07) is 0. The summed E-state index contributed by atoms with van der Waals surface area (Å²) >= 11 is 5.35. The van der Waals surface area contributed by atoms with Gasteiger partial charge in [0.25, 0.3) is 0 Å². The van der Waals surface area contributed by atoms with Crippen molar-refractivity contribution in [3.63, 3.8) is 0 Å². The fourth-order valence-electron chi connectivity index (χ4n) is 0.511. The number of carbonyl (C=O) groups is 1. The molecule has 60 valence electrons. The molecule has 1 amide bonds. The fourth-order valence-corrected chi connectivity index (χ4v) is 0.645. The number of alkyl halides is 1. The van der Waals surface area contributed by atoms with Gasteiger partial charge in [-0.2, -0.15) is 0 Å². The van der Waals surface area contributed by atoms with E-state index in [9.17, 15) is 4.79 Å². The Kier molecular flexibility index (Phi) is 6.64. The van der Waals surface area contributed by atoms with Gasteiger partial charge in [-0.15, -0.1) is 11.6 Å². The number of aliphatic hydroxyl groups is 1. The van der Waals surface area contributed by atoms with Crippen LogP contribution < -0.4 is 5.32 Å². The molecule has 0 radical (unpaired) electrons. The average Bonchev–Trinajstić information content (AvgIpc) is 1.97. The van der Waals surface area contributed by atoms with Crippen LogP contribution in [0.5, 0.6) is 0 Å². The molecule has 0 saturated heterocycles. The average molecular weight is 166 g/mol. The van der Waals surface area contributed by atoms with E-state index in [1.54, 1.807) is 0 Å². The first-order valence-corrected chi connectivity index (χ1v) is 3.78. The Morgan fingerprint density at radius 2 is 2.30 bits per heavy atom. The molecule has 0 saturated carbocycles. The minimum Gasteiger partial charge on any atom is -0.395 e. The number of aliphatic hydroxyl groups excluding tert-OH is 1. The molecule has 0 aliphatic carbocycles. The van der Waals surface area contributed by atoms with Gasteiger partial charge in [0.05, 0.1) is 6.61 Å². The van der Waals surface area contributed by atoms with Crippen LogP contribution in [0.4, 0.5) is 0 Å². The number of nitrogens with one attached hydrogen (secondary N) is 1. The van der Waals surface area contributed by atoms with Crippen molar-refractivity contribution in [1.29, 1.82) is 0 Å². The molecule has 0 aromatic heterocycles. The van der Waals surface area contributed by atoms with Crippen LogP contribution in [0.2, 0.25) is 0 Å². The van der Waals surface area contributed by atoms with E-state index >= 15 is 0 Å². The van der Waals surface area contributed by atoms with E-state index in [1.807, 2.05) is 0 Å². The van der Waals surface area contributed by atoms with Gasteiger partial charge in [0.1, 0.15) is 0 Å². The predicted octanol–water partition coefficient (Wildman–Crippen LogP) is 0.114. The first kappa shape index (κ1) is 9.72. The lowest BCUT2D eigenvalue weighted by molar-refractivity contribution is -0.121. The highest BCUT2D eigenvalue weighted by molar-refractivity contribution is 6.17. The fraction of sp³-hybridized carbons (Fsp3) is 0.833. The Morgan fingerprint density at radius 3 is 2.80 bits per heavy atom. The Balaban J connectivity index is 3.09. The summed E-state index contributed by atoms with van der Waals surface area (Å²) in [5, 5.41) is 10.8. The molecule has 0 spiro atoms. The Morgan fingerprint density at radius 1 is 1.60 bits per heavy atom. The predicted molar refractivity (Wildman–Crippen MR) is 40.0 cm³/mol. The van der Waals surface area contributed by atoms with Gasteiger partial charge in [-0.3, -0.25) is 4.79 Å². The molecular weight excluding hydrogens is 154 g/mol. The van der Waals surface area contributed by atoms with Crippen LogP contribution in [-0.4, -0.2) is 30.0 Å². The molecule has 3 nitrogen and oxygen atoms in total. The Labute approximate surface area is 65.4 Å². The summed E-state index contributed by atoms with van der Waals surface area (Å²) in [5.74, 6) is 0.460. The van der Waals surface area contributed by atoms with Gasteiger partial charge in [0, 0.05) is 18.8 Å². The van der Waals surface area contributed by atoms with Crippen molar-refractivity contribution in [2.45, 2.75) is 12.8 Å². The molecule has 2 N–H and O–H groups in total. The third-order valence-electron chi connectivity index (χ3n) is 0.971. The first-order valence-electron chi connectivity index (χ1n) is 3.24. The molecule has 4 heteroatoms. The summed E-state index contributed by atoms with van der Waals surface area (Å²) in [5.41, 5.74) is 0. The van der Waals surface area contributed by atoms with Gasteiger partial charge >= 0.3 is 0 Å². The highest BCUT2D eigenvalue weighted by Gasteiger charge is 1.97. The molecule has 0 aliphatic rings. The topological polar surface area (TPSA) is 49.3 Å². The van der Waals surface area contributed by atoms with Crippen LogP contribution in [0.15, 0.2) is 0 Å². The quantitative estimate of drug-likeness (QED) is 0.569. The zero-order chi connectivity index (χ0) is 7.82. The number of hydrogen-bond donors (Lipinski definition) is 2. The van der Waals surface area contributed by atoms with Gasteiger partial charge in [-0.05, 0) is 6.42 Å². The largest absolute Gasteiger partial charge is 0.395 e. The van der Waals surface area contributed by atoms with Crippen molar-refractivity contribution < 1.29 is 9.90 Å². The molecule has 0 aliphatic heterocycles. The second kappa shape index (κ2) is 6.83. The standard InChI is InChI=1S/C6H12ClNO2/c7-3-1-2-6(10)8-4-5-9/h9H,1-5H2,(H,8,10). The number of hydrogen-bond acceptors (Lipinski definition) is 2. The van der Waals surface area contributed by atoms with Crippen LogP contribution in [0, 0.1) is 0 Å². The van der Waals surface area contributed by atoms with Crippen molar-refractivity contribution in [3.05, 3.63) is 0 Å². The zero-order valence-corrected chi connectivity index (χ0v) is 6.52. The maximum absolute atomic E-state index is 10.7. The molecule has 0 fully saturated rings. The maximum atomic E-state index is 10.7. The van der Waals surface area contributed by atoms with Gasteiger partial charge in [0.2, 0.25) is 5.91 Å². The lowest BCUT2D eigenvalue weighted by atomic mass is 10.3. The first-order chi connectivity index (χ1) is 4.81. The minimum absolute atomic E-state index is 0.00733. The van der Waals surface area contributed by atoms with E-state index in [-0.39, 0.29) is 12.5 Å². The highest BCUT2D eigenvalue weighted by Crippen LogP contribution is 1.90. The summed E-state index contributed by atoms with van der Waals surface area (Å²) in [4.78, 5) is 10.7. The molecule has 0 heterocycles. The van der Waals surface area contributed by atoms with E-state index < -0.39 is 0 Å². The van der Waals surface area contributed by atoms with Crippen LogP contribution >= 0.6 is 11.6 Å². The lowest BCUT2D eigenvalue weighted by Crippen LogP contribution is -2.25. The van der Waals surface area contributed by atoms with Crippen molar-refractivity contribution >= 4 is 17.5 Å². The van der Waals surface area contributed by atoms with Crippen molar-refractivity contribution in [3.8, 4) is 0 Å². The number of amides is 1. The molecule has 0 bridgehead atoms. The van der Waals surface area contributed by atoms with Gasteiger partial charge < -0.3 is 10.4 Å². The van der Waals surface area contributed by atoms with Gasteiger partial charge in [0.15, 0.2) is 0 Å². The minimum atomic E-state index is -0.0466. The Hall–Kier alpha value is -0.280. The summed E-state index contributed by atoms with van der Waals surface area (Å²) < 4.78 is 0. The summed E-state index contributed by atoms with van der Waals surface area (Å²) in [6.45, 7) is 0.327. The Bertz CT molecular complexity index is 87.7. The SMILES string of the molecule is O=C(CCCCl)NCCO. The maximum Gasteiger partial charge on any atom is 0.220 e. The second-order valence-electron chi connectivity index (χ2n) is 1.87. The molecule has 10 heavy (non-hydrogen) atoms. The molecule has 0 rings (SSSR count). The van der Waals surface area contributed by atoms with E-state index in [0.29, 0.717) is 25.3 Å². The van der Waals surface area contributed by atoms with Gasteiger partial charge in [-0.25, -0.2) is 0 Å². The summed E-state index contributed by atoms with van der Waals surface area (Å²) in [7, 11) is 0. The van der Waals surface area contributed by atoms with E-state index in [0.717, 1.165) is 0 Å². The van der Waals surface area contributed by atoms with E-state index in [4.69, 9.17) is 16.7 Å². The molecule has 0 unspecified atom stereocenters. The number of rotatable bonds is 5. The van der Waals surface area contributed by atoms with Gasteiger partial charge in [-0.1, -0.05) is 0 Å². The number of carbonyl (C=O) groups excluding carboxylic acids is 1. The summed E-state index contributed by atoms with van der Waals surface area (Å²) in [6.07, 6.45) is 1.14. The monoisotopic (exact) mass is 165 g/mol. The van der Waals surface area contributed by atoms with Crippen LogP contribution in [-0.2, 0) is 4.79 Å². The van der Waals surface area contributed by atoms with Crippen LogP contribution in [0.3, 0.4) is 0 Å². The lowest BCUT2D eigenvalue weighted by Gasteiger charge is -1.99. The van der Waals surface area contributed by atoms with Crippen LogP contribution in [0.25, 0.3) is 0 Å². The van der Waals surface area contributed by atoms with Crippen molar-refractivity contribution in [2.24, 2.45) is 0 Å². The molecule has 0 atom stereocenters. The highest BCUT2D eigenvalue weighted by atomic mass is 35.5. The normalized spacial score (nSPS) is 9.40. The second-order valence-corrected chi connectivity index (χ2v) is 2.24. The third-order valence-corrected chi connectivity index (χ3v) is 1.24. The van der Waals surface area contributed by atoms with E-state index in [2.05, 4.69) is 5.32 Å².